The average Bonchev–Trinajstić information content (AvgIpc) is 2.63. The summed E-state index contributed by atoms with van der Waals surface area (Å²) >= 11 is 0. The molecule has 2 heteroatoms. The molecule has 0 unspecified atom stereocenters. The first-order valence-corrected chi connectivity index (χ1v) is 9.75. The third kappa shape index (κ3) is 5.74. The van der Waals surface area contributed by atoms with Crippen molar-refractivity contribution in [1.29, 1.82) is 0 Å². The molecule has 0 amide bonds. The minimum Gasteiger partial charge on any atom is -0.255 e. The molecule has 2 heterocycles. The van der Waals surface area contributed by atoms with Crippen LogP contribution < -0.4 is 0 Å². The molecule has 130 valence electrons. The summed E-state index contributed by atoms with van der Waals surface area (Å²) in [5, 5.41) is 0. The zero-order valence-electron chi connectivity index (χ0n) is 15.4. The van der Waals surface area contributed by atoms with Crippen LogP contribution in [0.2, 0.25) is 0 Å². The number of rotatable bonds is 11. The summed E-state index contributed by atoms with van der Waals surface area (Å²) in [6.45, 7) is 4.52. The Balaban J connectivity index is 2.03. The average molecular weight is 325 g/mol. The molecule has 2 aromatic heterocycles. The highest BCUT2D eigenvalue weighted by molar-refractivity contribution is 5.60. The van der Waals surface area contributed by atoms with Crippen LogP contribution in [0.5, 0.6) is 0 Å². The van der Waals surface area contributed by atoms with E-state index in [4.69, 9.17) is 0 Å². The van der Waals surface area contributed by atoms with Gasteiger partial charge < -0.3 is 0 Å². The maximum Gasteiger partial charge on any atom is 0.0920 e. The van der Waals surface area contributed by atoms with E-state index in [1.165, 1.54) is 62.5 Å². The fraction of sp³-hybridized carbons (Fsp3) is 0.545. The highest BCUT2D eigenvalue weighted by atomic mass is 14.8. The summed E-state index contributed by atoms with van der Waals surface area (Å²) in [5.41, 5.74) is 4.98. The van der Waals surface area contributed by atoms with Gasteiger partial charge in [-0.05, 0) is 48.6 Å². The maximum atomic E-state index is 4.67. The largest absolute Gasteiger partial charge is 0.255 e. The smallest absolute Gasteiger partial charge is 0.0920 e. The lowest BCUT2D eigenvalue weighted by atomic mass is 9.95. The summed E-state index contributed by atoms with van der Waals surface area (Å²) in [6.07, 6.45) is 16.7. The monoisotopic (exact) mass is 324 g/mol. The van der Waals surface area contributed by atoms with Crippen LogP contribution in [0.15, 0.2) is 36.7 Å². The Morgan fingerprint density at radius 3 is 2.21 bits per heavy atom. The Bertz CT molecular complexity index is 578. The Hall–Kier alpha value is -1.70. The first-order valence-electron chi connectivity index (χ1n) is 9.75. The predicted molar refractivity (Wildman–Crippen MR) is 103 cm³/mol. The molecular weight excluding hydrogens is 292 g/mol. The lowest BCUT2D eigenvalue weighted by Gasteiger charge is -2.13. The van der Waals surface area contributed by atoms with Crippen LogP contribution >= 0.6 is 0 Å². The molecule has 2 nitrogen and oxygen atoms in total. The number of nitrogens with zero attached hydrogens (tertiary/aromatic N) is 2. The van der Waals surface area contributed by atoms with Crippen molar-refractivity contribution >= 4 is 0 Å². The van der Waals surface area contributed by atoms with Crippen LogP contribution in [0, 0.1) is 0 Å². The van der Waals surface area contributed by atoms with Crippen LogP contribution in [-0.4, -0.2) is 9.97 Å². The van der Waals surface area contributed by atoms with Crippen molar-refractivity contribution in [1.82, 2.24) is 9.97 Å². The van der Waals surface area contributed by atoms with E-state index in [0.29, 0.717) is 0 Å². The van der Waals surface area contributed by atoms with Gasteiger partial charge in [-0.3, -0.25) is 9.97 Å². The van der Waals surface area contributed by atoms with Crippen LogP contribution in [0.25, 0.3) is 11.4 Å². The van der Waals surface area contributed by atoms with Gasteiger partial charge in [-0.25, -0.2) is 0 Å². The second kappa shape index (κ2) is 11.0. The van der Waals surface area contributed by atoms with Crippen molar-refractivity contribution in [3.63, 3.8) is 0 Å². The van der Waals surface area contributed by atoms with Gasteiger partial charge in [-0.15, -0.1) is 0 Å². The van der Waals surface area contributed by atoms with E-state index in [-0.39, 0.29) is 0 Å². The highest BCUT2D eigenvalue weighted by Crippen LogP contribution is 2.25. The van der Waals surface area contributed by atoms with Gasteiger partial charge in [0.25, 0.3) is 0 Å². The quantitative estimate of drug-likeness (QED) is 0.448. The van der Waals surface area contributed by atoms with E-state index in [1.54, 1.807) is 0 Å². The Morgan fingerprint density at radius 1 is 0.708 bits per heavy atom. The minimum absolute atomic E-state index is 1.01. The lowest BCUT2D eigenvalue weighted by Crippen LogP contribution is -2.01. The van der Waals surface area contributed by atoms with E-state index in [9.17, 15) is 0 Å². The molecule has 24 heavy (non-hydrogen) atoms. The Kier molecular flexibility index (Phi) is 8.51. The van der Waals surface area contributed by atoms with Gasteiger partial charge in [0.15, 0.2) is 0 Å². The molecule has 0 spiro atoms. The van der Waals surface area contributed by atoms with E-state index in [1.807, 2.05) is 24.5 Å². The van der Waals surface area contributed by atoms with Crippen LogP contribution in [0.1, 0.15) is 76.3 Å². The molecule has 0 saturated heterocycles. The third-order valence-electron chi connectivity index (χ3n) is 4.61. The van der Waals surface area contributed by atoms with Gasteiger partial charge in [-0.1, -0.05) is 64.9 Å². The van der Waals surface area contributed by atoms with Gasteiger partial charge in [0.2, 0.25) is 0 Å². The number of hydrogen-bond acceptors (Lipinski definition) is 2. The molecule has 0 aliphatic heterocycles. The summed E-state index contributed by atoms with van der Waals surface area (Å²) in [7, 11) is 0. The van der Waals surface area contributed by atoms with E-state index >= 15 is 0 Å². The molecule has 0 bridgehead atoms. The molecule has 0 atom stereocenters. The van der Waals surface area contributed by atoms with Gasteiger partial charge in [0.1, 0.15) is 0 Å². The van der Waals surface area contributed by atoms with Crippen LogP contribution in [0.3, 0.4) is 0 Å². The van der Waals surface area contributed by atoms with E-state index in [2.05, 4.69) is 35.9 Å². The zero-order chi connectivity index (χ0) is 17.0. The number of pyridine rings is 2. The number of hydrogen-bond donors (Lipinski definition) is 0. The second-order valence-electron chi connectivity index (χ2n) is 6.63. The van der Waals surface area contributed by atoms with Crippen molar-refractivity contribution in [2.75, 3.05) is 0 Å². The first-order chi connectivity index (χ1) is 11.9. The Morgan fingerprint density at radius 2 is 1.50 bits per heavy atom. The standard InChI is InChI=1S/C22H32N2/c1-3-5-6-7-8-9-10-14-20-19(13-4-2)16-18-24-22(20)21-15-11-12-17-23-21/h11-12,15-18H,3-10,13-14H2,1-2H3. The normalized spacial score (nSPS) is 10.9. The first kappa shape index (κ1) is 18.6. The van der Waals surface area contributed by atoms with Crippen molar-refractivity contribution in [3.05, 3.63) is 47.8 Å². The van der Waals surface area contributed by atoms with Crippen molar-refractivity contribution in [3.8, 4) is 11.4 Å². The summed E-state index contributed by atoms with van der Waals surface area (Å²) in [5.74, 6) is 0. The fourth-order valence-corrected chi connectivity index (χ4v) is 3.30. The van der Waals surface area contributed by atoms with Gasteiger partial charge in [-0.2, -0.15) is 0 Å². The Labute approximate surface area is 147 Å². The molecule has 0 fully saturated rings. The molecule has 0 aliphatic rings. The van der Waals surface area contributed by atoms with E-state index < -0.39 is 0 Å². The molecular formula is C22H32N2. The second-order valence-corrected chi connectivity index (χ2v) is 6.63. The summed E-state index contributed by atoms with van der Waals surface area (Å²) < 4.78 is 0. The van der Waals surface area contributed by atoms with Gasteiger partial charge in [0.05, 0.1) is 11.4 Å². The van der Waals surface area contributed by atoms with Crippen molar-refractivity contribution in [2.45, 2.75) is 78.1 Å². The zero-order valence-corrected chi connectivity index (χ0v) is 15.4. The topological polar surface area (TPSA) is 25.8 Å². The molecule has 0 radical (unpaired) electrons. The highest BCUT2D eigenvalue weighted by Gasteiger charge is 2.12. The lowest BCUT2D eigenvalue weighted by molar-refractivity contribution is 0.588. The third-order valence-corrected chi connectivity index (χ3v) is 4.61. The molecule has 2 rings (SSSR count). The number of aromatic nitrogens is 2. The number of aryl methyl sites for hydroxylation is 1. The molecule has 0 aliphatic carbocycles. The summed E-state index contributed by atoms with van der Waals surface area (Å²) in [4.78, 5) is 9.20. The van der Waals surface area contributed by atoms with Gasteiger partial charge >= 0.3 is 0 Å². The summed E-state index contributed by atoms with van der Waals surface area (Å²) in [6, 6.07) is 8.29. The molecule has 2 aromatic rings. The fourth-order valence-electron chi connectivity index (χ4n) is 3.30. The van der Waals surface area contributed by atoms with Crippen molar-refractivity contribution < 1.29 is 0 Å². The molecule has 0 aromatic carbocycles. The maximum absolute atomic E-state index is 4.67. The minimum atomic E-state index is 1.01. The van der Waals surface area contributed by atoms with Gasteiger partial charge in [0, 0.05) is 12.4 Å². The van der Waals surface area contributed by atoms with Crippen molar-refractivity contribution in [2.24, 2.45) is 0 Å². The SMILES string of the molecule is CCCCCCCCCc1c(CCC)ccnc1-c1ccccn1. The predicted octanol–water partition coefficient (Wildman–Crippen LogP) is 6.39. The number of unbranched alkanes of at least 4 members (excludes halogenated alkanes) is 6. The van der Waals surface area contributed by atoms with Crippen LogP contribution in [0.4, 0.5) is 0 Å². The molecule has 0 saturated carbocycles. The van der Waals surface area contributed by atoms with Crippen LogP contribution in [-0.2, 0) is 12.8 Å². The molecule has 0 N–H and O–H groups in total. The van der Waals surface area contributed by atoms with E-state index in [0.717, 1.165) is 24.2 Å².